The first-order valence-corrected chi connectivity index (χ1v) is 5.67. The van der Waals surface area contributed by atoms with Gasteiger partial charge >= 0.3 is 6.18 Å². The largest absolute Gasteiger partial charge is 0.456 e. The number of benzene rings is 1. The number of aromatic amines is 1. The average molecular weight is 268 g/mol. The van der Waals surface area contributed by atoms with Gasteiger partial charge in [0.25, 0.3) is 5.78 Å². The maximum absolute atomic E-state index is 12.2. The van der Waals surface area contributed by atoms with E-state index in [-0.39, 0.29) is 5.82 Å². The molecule has 0 radical (unpaired) electrons. The van der Waals surface area contributed by atoms with Crippen LogP contribution >= 0.6 is 0 Å². The van der Waals surface area contributed by atoms with Gasteiger partial charge in [-0.25, -0.2) is 4.98 Å². The number of H-pyrrole nitrogens is 1. The fourth-order valence-electron chi connectivity index (χ4n) is 1.63. The smallest absolute Gasteiger partial charge is 0.335 e. The number of hydrogen-bond acceptors (Lipinski definition) is 2. The van der Waals surface area contributed by atoms with Crippen LogP contribution in [0, 0.1) is 0 Å². The molecule has 0 aliphatic rings. The highest BCUT2D eigenvalue weighted by Gasteiger charge is 2.40. The third kappa shape index (κ3) is 2.83. The quantitative estimate of drug-likeness (QED) is 0.867. The van der Waals surface area contributed by atoms with Crippen molar-refractivity contribution in [3.8, 4) is 11.4 Å². The van der Waals surface area contributed by atoms with Crippen molar-refractivity contribution >= 4 is 5.78 Å². The van der Waals surface area contributed by atoms with Crippen LogP contribution in [0.4, 0.5) is 13.2 Å². The van der Waals surface area contributed by atoms with E-state index >= 15 is 0 Å². The number of nitrogens with zero attached hydrogens (tertiary/aromatic N) is 1. The Morgan fingerprint density at radius 1 is 1.26 bits per heavy atom. The molecular weight excluding hydrogens is 257 g/mol. The van der Waals surface area contributed by atoms with Crippen molar-refractivity contribution in [3.05, 3.63) is 41.7 Å². The van der Waals surface area contributed by atoms with Crippen LogP contribution in [0.1, 0.15) is 23.0 Å². The Balaban J connectivity index is 2.28. The molecule has 0 spiro atoms. The number of aryl methyl sites for hydroxylation is 1. The number of imidazole rings is 1. The topological polar surface area (TPSA) is 45.8 Å². The van der Waals surface area contributed by atoms with Gasteiger partial charge in [0, 0.05) is 5.56 Å². The van der Waals surface area contributed by atoms with Gasteiger partial charge in [-0.05, 0) is 12.0 Å². The normalized spacial score (nSPS) is 11.6. The summed E-state index contributed by atoms with van der Waals surface area (Å²) in [5.41, 5.74) is 1.20. The lowest BCUT2D eigenvalue weighted by atomic mass is 10.1. The summed E-state index contributed by atoms with van der Waals surface area (Å²) < 4.78 is 36.7. The van der Waals surface area contributed by atoms with Gasteiger partial charge in [0.05, 0.1) is 6.20 Å². The first-order chi connectivity index (χ1) is 8.91. The van der Waals surface area contributed by atoms with E-state index in [1.807, 2.05) is 19.1 Å². The van der Waals surface area contributed by atoms with Crippen LogP contribution in [0.5, 0.6) is 0 Å². The molecule has 0 fully saturated rings. The minimum atomic E-state index is -4.89. The molecule has 3 nitrogen and oxygen atoms in total. The zero-order valence-corrected chi connectivity index (χ0v) is 10.1. The van der Waals surface area contributed by atoms with E-state index in [4.69, 9.17) is 0 Å². The second-order valence-corrected chi connectivity index (χ2v) is 4.02. The van der Waals surface area contributed by atoms with E-state index in [1.54, 1.807) is 12.1 Å². The molecule has 6 heteroatoms. The molecule has 2 aromatic rings. The SMILES string of the molecule is CCc1ccc(-c2ncc(C(=O)C(F)(F)F)[nH]2)cc1. The van der Waals surface area contributed by atoms with E-state index in [1.165, 1.54) is 0 Å². The van der Waals surface area contributed by atoms with Crippen molar-refractivity contribution in [1.29, 1.82) is 0 Å². The number of carbonyl (C=O) groups is 1. The molecule has 1 N–H and O–H groups in total. The number of hydrogen-bond donors (Lipinski definition) is 1. The zero-order valence-electron chi connectivity index (χ0n) is 10.1. The van der Waals surface area contributed by atoms with Crippen molar-refractivity contribution in [1.82, 2.24) is 9.97 Å². The molecule has 1 heterocycles. The summed E-state index contributed by atoms with van der Waals surface area (Å²) in [7, 11) is 0. The van der Waals surface area contributed by atoms with Gasteiger partial charge in [-0.15, -0.1) is 0 Å². The van der Waals surface area contributed by atoms with Crippen LogP contribution in [0.2, 0.25) is 0 Å². The van der Waals surface area contributed by atoms with Crippen molar-refractivity contribution < 1.29 is 18.0 Å². The summed E-state index contributed by atoms with van der Waals surface area (Å²) in [5.74, 6) is -1.67. The molecule has 1 aromatic heterocycles. The highest BCUT2D eigenvalue weighted by Crippen LogP contribution is 2.23. The highest BCUT2D eigenvalue weighted by atomic mass is 19.4. The molecule has 0 saturated heterocycles. The predicted molar refractivity (Wildman–Crippen MR) is 63.8 cm³/mol. The fraction of sp³-hybridized carbons (Fsp3) is 0.231. The van der Waals surface area contributed by atoms with Gasteiger partial charge in [-0.1, -0.05) is 31.2 Å². The number of ketones is 1. The van der Waals surface area contributed by atoms with E-state index in [0.717, 1.165) is 18.2 Å². The van der Waals surface area contributed by atoms with Crippen LogP contribution in [0.25, 0.3) is 11.4 Å². The molecule has 0 saturated carbocycles. The Hall–Kier alpha value is -2.11. The van der Waals surface area contributed by atoms with Gasteiger partial charge in [0.1, 0.15) is 11.5 Å². The summed E-state index contributed by atoms with van der Waals surface area (Å²) in [5, 5.41) is 0. The lowest BCUT2D eigenvalue weighted by molar-refractivity contribution is -0.0888. The summed E-state index contributed by atoms with van der Waals surface area (Å²) in [4.78, 5) is 17.2. The lowest BCUT2D eigenvalue weighted by Crippen LogP contribution is -2.22. The molecule has 19 heavy (non-hydrogen) atoms. The van der Waals surface area contributed by atoms with Crippen LogP contribution in [0.15, 0.2) is 30.5 Å². The van der Waals surface area contributed by atoms with E-state index < -0.39 is 17.7 Å². The first-order valence-electron chi connectivity index (χ1n) is 5.67. The lowest BCUT2D eigenvalue weighted by Gasteiger charge is -2.02. The Labute approximate surface area is 107 Å². The molecule has 2 rings (SSSR count). The van der Waals surface area contributed by atoms with Gasteiger partial charge in [0.2, 0.25) is 0 Å². The molecule has 0 bridgehead atoms. The highest BCUT2D eigenvalue weighted by molar-refractivity contribution is 5.98. The monoisotopic (exact) mass is 268 g/mol. The maximum Gasteiger partial charge on any atom is 0.456 e. The van der Waals surface area contributed by atoms with Crippen molar-refractivity contribution in [3.63, 3.8) is 0 Å². The summed E-state index contributed by atoms with van der Waals surface area (Å²) in [6, 6.07) is 7.23. The average Bonchev–Trinajstić information content (AvgIpc) is 2.86. The Kier molecular flexibility index (Phi) is 3.42. The number of aromatic nitrogens is 2. The second-order valence-electron chi connectivity index (χ2n) is 4.02. The molecule has 0 unspecified atom stereocenters. The molecular formula is C13H11F3N2O. The van der Waals surface area contributed by atoms with E-state index in [2.05, 4.69) is 9.97 Å². The molecule has 100 valence electrons. The molecule has 0 aliphatic heterocycles. The second kappa shape index (κ2) is 4.87. The minimum absolute atomic E-state index is 0.246. The molecule has 0 amide bonds. The van der Waals surface area contributed by atoms with Gasteiger partial charge in [-0.3, -0.25) is 4.79 Å². The summed E-state index contributed by atoms with van der Waals surface area (Å²) in [6.07, 6.45) is -3.12. The van der Waals surface area contributed by atoms with E-state index in [9.17, 15) is 18.0 Å². The first kappa shape index (κ1) is 13.3. The number of nitrogens with one attached hydrogen (secondary N) is 1. The van der Waals surface area contributed by atoms with Crippen LogP contribution in [0.3, 0.4) is 0 Å². The van der Waals surface area contributed by atoms with E-state index in [0.29, 0.717) is 5.56 Å². The van der Waals surface area contributed by atoms with Crippen LogP contribution < -0.4 is 0 Å². The standard InChI is InChI=1S/C13H11F3N2O/c1-2-8-3-5-9(6-4-8)12-17-7-10(18-12)11(19)13(14,15)16/h3-7H,2H2,1H3,(H,17,18). The molecule has 0 atom stereocenters. The molecule has 0 aliphatic carbocycles. The number of rotatable bonds is 3. The number of halogens is 3. The van der Waals surface area contributed by atoms with Gasteiger partial charge < -0.3 is 4.98 Å². The van der Waals surface area contributed by atoms with Gasteiger partial charge in [0.15, 0.2) is 0 Å². The van der Waals surface area contributed by atoms with Crippen LogP contribution in [-0.2, 0) is 6.42 Å². The summed E-state index contributed by atoms with van der Waals surface area (Å²) >= 11 is 0. The Morgan fingerprint density at radius 2 is 1.89 bits per heavy atom. The van der Waals surface area contributed by atoms with Crippen LogP contribution in [-0.4, -0.2) is 21.9 Å². The Morgan fingerprint density at radius 3 is 2.42 bits per heavy atom. The third-order valence-electron chi connectivity index (χ3n) is 2.71. The van der Waals surface area contributed by atoms with Crippen molar-refractivity contribution in [2.45, 2.75) is 19.5 Å². The number of carbonyl (C=O) groups excluding carboxylic acids is 1. The predicted octanol–water partition coefficient (Wildman–Crippen LogP) is 3.38. The minimum Gasteiger partial charge on any atom is -0.335 e. The fourth-order valence-corrected chi connectivity index (χ4v) is 1.63. The zero-order chi connectivity index (χ0) is 14.0. The number of alkyl halides is 3. The molecule has 1 aromatic carbocycles. The van der Waals surface area contributed by atoms with Crippen molar-refractivity contribution in [2.24, 2.45) is 0 Å². The summed E-state index contributed by atoms with van der Waals surface area (Å²) in [6.45, 7) is 2.00. The van der Waals surface area contributed by atoms with Gasteiger partial charge in [-0.2, -0.15) is 13.2 Å². The Bertz CT molecular complexity index is 585. The van der Waals surface area contributed by atoms with Crippen molar-refractivity contribution in [2.75, 3.05) is 0 Å². The third-order valence-corrected chi connectivity index (χ3v) is 2.71. The maximum atomic E-state index is 12.2. The number of Topliss-reactive ketones (excluding diaryl/α,β-unsaturated/α-hetero) is 1.